The van der Waals surface area contributed by atoms with E-state index in [0.717, 1.165) is 25.7 Å². The molecule has 2 N–H and O–H groups in total. The average Bonchev–Trinajstić information content (AvgIpc) is 2.84. The molecule has 1 amide bonds. The third kappa shape index (κ3) is 3.57. The predicted molar refractivity (Wildman–Crippen MR) is 78.7 cm³/mol. The Labute approximate surface area is 126 Å². The van der Waals surface area contributed by atoms with E-state index in [1.165, 1.54) is 0 Å². The van der Waals surface area contributed by atoms with Crippen molar-refractivity contribution in [2.45, 2.75) is 57.9 Å². The fraction of sp³-hybridized carbons (Fsp3) is 0.875. The minimum atomic E-state index is -0.833. The molecule has 0 aromatic carbocycles. The number of carbonyl (C=O) groups is 2. The summed E-state index contributed by atoms with van der Waals surface area (Å²) >= 11 is 0. The molecule has 2 aliphatic rings. The summed E-state index contributed by atoms with van der Waals surface area (Å²) in [6.07, 6.45) is 6.00. The average molecular weight is 297 g/mol. The summed E-state index contributed by atoms with van der Waals surface area (Å²) in [5.41, 5.74) is 0. The maximum atomic E-state index is 12.8. The largest absolute Gasteiger partial charge is 0.481 e. The van der Waals surface area contributed by atoms with Crippen LogP contribution in [0.5, 0.6) is 0 Å². The molecule has 3 atom stereocenters. The Hall–Kier alpha value is -1.10. The second kappa shape index (κ2) is 7.25. The summed E-state index contributed by atoms with van der Waals surface area (Å²) in [7, 11) is 0. The Bertz CT molecular complexity index is 380. The van der Waals surface area contributed by atoms with E-state index in [2.05, 4.69) is 6.92 Å². The molecule has 120 valence electrons. The van der Waals surface area contributed by atoms with Gasteiger partial charge in [0, 0.05) is 19.2 Å². The van der Waals surface area contributed by atoms with Crippen LogP contribution in [-0.4, -0.2) is 46.2 Å². The van der Waals surface area contributed by atoms with Gasteiger partial charge in [0.05, 0.1) is 11.8 Å². The quantitative estimate of drug-likeness (QED) is 0.752. The number of aliphatic hydroxyl groups is 1. The van der Waals surface area contributed by atoms with Gasteiger partial charge in [0.15, 0.2) is 0 Å². The number of amides is 1. The van der Waals surface area contributed by atoms with Crippen molar-refractivity contribution in [2.24, 2.45) is 17.8 Å². The lowest BCUT2D eigenvalue weighted by molar-refractivity contribution is -0.151. The zero-order chi connectivity index (χ0) is 15.4. The first kappa shape index (κ1) is 16.3. The van der Waals surface area contributed by atoms with Gasteiger partial charge in [-0.1, -0.05) is 13.3 Å². The van der Waals surface area contributed by atoms with Crippen LogP contribution in [0.3, 0.4) is 0 Å². The van der Waals surface area contributed by atoms with Crippen molar-refractivity contribution < 1.29 is 19.8 Å². The molecule has 0 aliphatic heterocycles. The van der Waals surface area contributed by atoms with E-state index < -0.39 is 11.9 Å². The van der Waals surface area contributed by atoms with Gasteiger partial charge in [0.25, 0.3) is 0 Å². The number of hydrogen-bond acceptors (Lipinski definition) is 3. The molecule has 5 heteroatoms. The molecule has 0 aromatic rings. The van der Waals surface area contributed by atoms with E-state index in [9.17, 15) is 14.7 Å². The lowest BCUT2D eigenvalue weighted by Crippen LogP contribution is -2.48. The topological polar surface area (TPSA) is 77.8 Å². The molecule has 0 aromatic heterocycles. The van der Waals surface area contributed by atoms with Crippen LogP contribution in [0, 0.1) is 17.8 Å². The third-order valence-corrected chi connectivity index (χ3v) is 5.23. The molecule has 1 unspecified atom stereocenters. The molecule has 5 nitrogen and oxygen atoms in total. The van der Waals surface area contributed by atoms with Gasteiger partial charge in [-0.15, -0.1) is 0 Å². The van der Waals surface area contributed by atoms with Crippen molar-refractivity contribution in [3.63, 3.8) is 0 Å². The van der Waals surface area contributed by atoms with Crippen LogP contribution >= 0.6 is 0 Å². The second-order valence-electron chi connectivity index (χ2n) is 6.49. The molecule has 0 spiro atoms. The van der Waals surface area contributed by atoms with Crippen LogP contribution in [0.15, 0.2) is 0 Å². The lowest BCUT2D eigenvalue weighted by Gasteiger charge is -2.39. The normalized spacial score (nSPS) is 29.1. The Morgan fingerprint density at radius 1 is 1.19 bits per heavy atom. The number of aliphatic hydroxyl groups excluding tert-OH is 1. The molecule has 2 fully saturated rings. The van der Waals surface area contributed by atoms with Crippen LogP contribution in [-0.2, 0) is 9.59 Å². The van der Waals surface area contributed by atoms with Crippen molar-refractivity contribution >= 4 is 11.9 Å². The minimum Gasteiger partial charge on any atom is -0.481 e. The molecule has 0 saturated heterocycles. The maximum Gasteiger partial charge on any atom is 0.307 e. The zero-order valence-corrected chi connectivity index (χ0v) is 12.8. The van der Waals surface area contributed by atoms with Crippen molar-refractivity contribution in [2.75, 3.05) is 13.2 Å². The van der Waals surface area contributed by atoms with Crippen molar-refractivity contribution in [3.05, 3.63) is 0 Å². The van der Waals surface area contributed by atoms with Crippen LogP contribution in [0.2, 0.25) is 0 Å². The highest BCUT2D eigenvalue weighted by atomic mass is 16.4. The summed E-state index contributed by atoms with van der Waals surface area (Å²) in [5.74, 6) is -1.37. The molecule has 21 heavy (non-hydrogen) atoms. The van der Waals surface area contributed by atoms with E-state index in [-0.39, 0.29) is 24.5 Å². The Balaban J connectivity index is 2.08. The van der Waals surface area contributed by atoms with E-state index in [1.54, 1.807) is 0 Å². The number of carboxylic acids is 1. The van der Waals surface area contributed by atoms with Gasteiger partial charge >= 0.3 is 5.97 Å². The molecule has 2 saturated carbocycles. The Kier molecular flexibility index (Phi) is 5.62. The van der Waals surface area contributed by atoms with E-state index >= 15 is 0 Å². The summed E-state index contributed by atoms with van der Waals surface area (Å²) in [6.45, 7) is 2.69. The van der Waals surface area contributed by atoms with E-state index in [4.69, 9.17) is 5.11 Å². The van der Waals surface area contributed by atoms with Crippen LogP contribution in [0.1, 0.15) is 51.9 Å². The maximum absolute atomic E-state index is 12.8. The van der Waals surface area contributed by atoms with Crippen LogP contribution < -0.4 is 0 Å². The molecule has 0 bridgehead atoms. The third-order valence-electron chi connectivity index (χ3n) is 5.23. The number of carbonyl (C=O) groups excluding carboxylic acids is 1. The number of hydrogen-bond donors (Lipinski definition) is 2. The number of carboxylic acid groups (broad SMARTS) is 1. The van der Waals surface area contributed by atoms with Gasteiger partial charge < -0.3 is 15.1 Å². The SMILES string of the molecule is CCC1C[C@H](C(=O)N(CCCO)C2CCC2)[C@H](C(=O)O)C1. The fourth-order valence-corrected chi connectivity index (χ4v) is 3.65. The predicted octanol–water partition coefficient (Wildman–Crippen LogP) is 1.89. The van der Waals surface area contributed by atoms with Crippen molar-refractivity contribution in [3.8, 4) is 0 Å². The number of rotatable bonds is 7. The van der Waals surface area contributed by atoms with Crippen molar-refractivity contribution in [1.29, 1.82) is 0 Å². The van der Waals surface area contributed by atoms with Gasteiger partial charge in [0.1, 0.15) is 0 Å². The summed E-state index contributed by atoms with van der Waals surface area (Å²) < 4.78 is 0. The minimum absolute atomic E-state index is 0.0106. The highest BCUT2D eigenvalue weighted by Gasteiger charge is 2.45. The number of nitrogens with zero attached hydrogens (tertiary/aromatic N) is 1. The first-order valence-corrected chi connectivity index (χ1v) is 8.22. The zero-order valence-electron chi connectivity index (χ0n) is 12.8. The molecule has 2 aliphatic carbocycles. The molecule has 2 rings (SSSR count). The monoisotopic (exact) mass is 297 g/mol. The molecular weight excluding hydrogens is 270 g/mol. The van der Waals surface area contributed by atoms with Gasteiger partial charge in [0.2, 0.25) is 5.91 Å². The van der Waals surface area contributed by atoms with Gasteiger partial charge in [-0.3, -0.25) is 9.59 Å². The second-order valence-corrected chi connectivity index (χ2v) is 6.49. The summed E-state index contributed by atoms with van der Waals surface area (Å²) in [6, 6.07) is 0.263. The molecule has 0 radical (unpaired) electrons. The van der Waals surface area contributed by atoms with Gasteiger partial charge in [-0.2, -0.15) is 0 Å². The van der Waals surface area contributed by atoms with Crippen LogP contribution in [0.4, 0.5) is 0 Å². The highest BCUT2D eigenvalue weighted by molar-refractivity contribution is 5.85. The standard InChI is InChI=1S/C16H27NO4/c1-2-11-9-13(14(10-11)16(20)21)15(19)17(7-4-8-18)12-5-3-6-12/h11-14,18H,2-10H2,1H3,(H,20,21)/t11?,13-,14+/m0/s1. The molecular formula is C16H27NO4. The fourth-order valence-electron chi connectivity index (χ4n) is 3.65. The molecule has 0 heterocycles. The van der Waals surface area contributed by atoms with E-state index in [0.29, 0.717) is 31.7 Å². The van der Waals surface area contributed by atoms with Crippen molar-refractivity contribution in [1.82, 2.24) is 4.90 Å². The summed E-state index contributed by atoms with van der Waals surface area (Å²) in [4.78, 5) is 26.2. The first-order valence-electron chi connectivity index (χ1n) is 8.22. The van der Waals surface area contributed by atoms with E-state index in [1.807, 2.05) is 4.90 Å². The first-order chi connectivity index (χ1) is 10.1. The summed E-state index contributed by atoms with van der Waals surface area (Å²) in [5, 5.41) is 18.4. The highest BCUT2D eigenvalue weighted by Crippen LogP contribution is 2.40. The lowest BCUT2D eigenvalue weighted by atomic mass is 9.88. The smallest absolute Gasteiger partial charge is 0.307 e. The van der Waals surface area contributed by atoms with Crippen LogP contribution in [0.25, 0.3) is 0 Å². The Morgan fingerprint density at radius 2 is 1.86 bits per heavy atom. The number of aliphatic carboxylic acids is 1. The van der Waals surface area contributed by atoms with Gasteiger partial charge in [-0.05, 0) is 44.4 Å². The Morgan fingerprint density at radius 3 is 2.33 bits per heavy atom. The van der Waals surface area contributed by atoms with Gasteiger partial charge in [-0.25, -0.2) is 0 Å².